The van der Waals surface area contributed by atoms with Crippen molar-refractivity contribution in [3.05, 3.63) is 35.9 Å². The van der Waals surface area contributed by atoms with E-state index in [0.717, 1.165) is 0 Å². The third-order valence-electron chi connectivity index (χ3n) is 3.30. The van der Waals surface area contributed by atoms with Gasteiger partial charge in [0.05, 0.1) is 20.1 Å². The summed E-state index contributed by atoms with van der Waals surface area (Å²) in [6.07, 6.45) is 4.25. The van der Waals surface area contributed by atoms with Gasteiger partial charge in [0.15, 0.2) is 0 Å². The van der Waals surface area contributed by atoms with Crippen molar-refractivity contribution in [2.24, 2.45) is 0 Å². The molecule has 1 nitrogen and oxygen atoms in total. The summed E-state index contributed by atoms with van der Waals surface area (Å²) in [5.74, 6) is 0. The molecule has 0 aromatic heterocycles. The maximum atomic E-state index is 2.40. The van der Waals surface area contributed by atoms with Crippen LogP contribution in [-0.4, -0.2) is 24.6 Å². The van der Waals surface area contributed by atoms with Crippen molar-refractivity contribution < 1.29 is 21.5 Å². The van der Waals surface area contributed by atoms with E-state index in [1.54, 1.807) is 0 Å². The number of hydrogen-bond donors (Lipinski definition) is 0. The van der Waals surface area contributed by atoms with Gasteiger partial charge in [-0.25, -0.2) is 0 Å². The topological polar surface area (TPSA) is 0 Å². The quantitative estimate of drug-likeness (QED) is 0.654. The Labute approximate surface area is 103 Å². The van der Waals surface area contributed by atoms with Crippen LogP contribution >= 0.6 is 0 Å². The van der Waals surface area contributed by atoms with E-state index in [1.165, 1.54) is 48.9 Å². The Kier molecular flexibility index (Phi) is 4.81. The van der Waals surface area contributed by atoms with Crippen LogP contribution in [0.25, 0.3) is 0 Å². The molecule has 0 saturated carbocycles. The van der Waals surface area contributed by atoms with Crippen molar-refractivity contribution in [2.75, 3.05) is 20.1 Å². The van der Waals surface area contributed by atoms with Gasteiger partial charge in [-0.3, -0.25) is 0 Å². The molecule has 1 aromatic carbocycles. The van der Waals surface area contributed by atoms with Gasteiger partial charge in [0, 0.05) is 5.56 Å². The number of halogens is 1. The van der Waals surface area contributed by atoms with Crippen LogP contribution < -0.4 is 17.0 Å². The molecular weight excluding hydrogens is 250 g/mol. The SMILES string of the molecule is C[N+]1(Cc2ccccc2)CCCCC1.[Br-]. The summed E-state index contributed by atoms with van der Waals surface area (Å²) in [4.78, 5) is 0. The zero-order valence-corrected chi connectivity index (χ0v) is 11.0. The van der Waals surface area contributed by atoms with Crippen molar-refractivity contribution in [1.82, 2.24) is 0 Å². The molecule has 1 aromatic rings. The van der Waals surface area contributed by atoms with E-state index in [0.29, 0.717) is 0 Å². The fraction of sp³-hybridized carbons (Fsp3) is 0.538. The Bertz CT molecular complexity index is 278. The average molecular weight is 270 g/mol. The average Bonchev–Trinajstić information content (AvgIpc) is 2.19. The normalized spacial score (nSPS) is 19.3. The van der Waals surface area contributed by atoms with E-state index in [2.05, 4.69) is 37.4 Å². The molecule has 1 aliphatic rings. The lowest BCUT2D eigenvalue weighted by molar-refractivity contribution is -0.926. The van der Waals surface area contributed by atoms with Gasteiger partial charge in [-0.1, -0.05) is 30.3 Å². The van der Waals surface area contributed by atoms with Gasteiger partial charge >= 0.3 is 0 Å². The molecule has 0 aliphatic carbocycles. The van der Waals surface area contributed by atoms with Crippen LogP contribution in [-0.2, 0) is 6.54 Å². The molecule has 2 heteroatoms. The molecule has 2 rings (SSSR count). The van der Waals surface area contributed by atoms with Crippen LogP contribution in [0, 0.1) is 0 Å². The van der Waals surface area contributed by atoms with E-state index in [9.17, 15) is 0 Å². The Morgan fingerprint density at radius 2 is 1.60 bits per heavy atom. The molecule has 15 heavy (non-hydrogen) atoms. The van der Waals surface area contributed by atoms with E-state index in [1.807, 2.05) is 0 Å². The predicted molar refractivity (Wildman–Crippen MR) is 59.9 cm³/mol. The molecule has 1 fully saturated rings. The van der Waals surface area contributed by atoms with Crippen LogP contribution in [0.2, 0.25) is 0 Å². The van der Waals surface area contributed by atoms with Crippen LogP contribution in [0.15, 0.2) is 30.3 Å². The first kappa shape index (κ1) is 12.7. The lowest BCUT2D eigenvalue weighted by Gasteiger charge is -2.37. The summed E-state index contributed by atoms with van der Waals surface area (Å²) in [6, 6.07) is 10.9. The third kappa shape index (κ3) is 3.62. The first-order chi connectivity index (χ1) is 6.79. The van der Waals surface area contributed by atoms with Crippen LogP contribution in [0.3, 0.4) is 0 Å². The van der Waals surface area contributed by atoms with E-state index >= 15 is 0 Å². The standard InChI is InChI=1S/C13H20N.BrH/c1-14(10-6-3-7-11-14)12-13-8-4-2-5-9-13;/h2,4-5,8-9H,3,6-7,10-12H2,1H3;1H/q+1;/p-1. The van der Waals surface area contributed by atoms with Gasteiger partial charge in [-0.2, -0.15) is 0 Å². The smallest absolute Gasteiger partial charge is 0.104 e. The number of likely N-dealkylation sites (tertiary alicyclic amines) is 1. The largest absolute Gasteiger partial charge is 1.00 e. The van der Waals surface area contributed by atoms with Crippen molar-refractivity contribution in [3.63, 3.8) is 0 Å². The highest BCUT2D eigenvalue weighted by atomic mass is 79.9. The number of benzene rings is 1. The number of rotatable bonds is 2. The van der Waals surface area contributed by atoms with Gasteiger partial charge in [-0.15, -0.1) is 0 Å². The molecule has 0 spiro atoms. The minimum Gasteiger partial charge on any atom is -1.00 e. The minimum absolute atomic E-state index is 0. The van der Waals surface area contributed by atoms with Crippen LogP contribution in [0.5, 0.6) is 0 Å². The number of hydrogen-bond acceptors (Lipinski definition) is 0. The number of nitrogens with zero attached hydrogens (tertiary/aromatic N) is 1. The van der Waals surface area contributed by atoms with E-state index in [4.69, 9.17) is 0 Å². The lowest BCUT2D eigenvalue weighted by atomic mass is 10.1. The summed E-state index contributed by atoms with van der Waals surface area (Å²) in [6.45, 7) is 3.92. The second-order valence-corrected chi connectivity index (χ2v) is 4.77. The fourth-order valence-electron chi connectivity index (χ4n) is 2.46. The molecule has 0 amide bonds. The zero-order valence-electron chi connectivity index (χ0n) is 9.45. The van der Waals surface area contributed by atoms with Crippen LogP contribution in [0.4, 0.5) is 0 Å². The van der Waals surface area contributed by atoms with Gasteiger partial charge in [0.2, 0.25) is 0 Å². The van der Waals surface area contributed by atoms with Crippen LogP contribution in [0.1, 0.15) is 24.8 Å². The molecule has 0 atom stereocenters. The first-order valence-electron chi connectivity index (χ1n) is 5.66. The molecule has 84 valence electrons. The first-order valence-corrected chi connectivity index (χ1v) is 5.66. The highest BCUT2D eigenvalue weighted by Crippen LogP contribution is 2.19. The molecule has 1 saturated heterocycles. The van der Waals surface area contributed by atoms with Gasteiger partial charge in [0.25, 0.3) is 0 Å². The van der Waals surface area contributed by atoms with Crippen molar-refractivity contribution >= 4 is 0 Å². The summed E-state index contributed by atoms with van der Waals surface area (Å²) < 4.78 is 1.24. The highest BCUT2D eigenvalue weighted by molar-refractivity contribution is 5.13. The maximum Gasteiger partial charge on any atom is 0.104 e. The minimum atomic E-state index is 0. The number of quaternary nitrogens is 1. The molecule has 0 bridgehead atoms. The van der Waals surface area contributed by atoms with E-state index < -0.39 is 0 Å². The van der Waals surface area contributed by atoms with Crippen molar-refractivity contribution in [3.8, 4) is 0 Å². The second kappa shape index (κ2) is 5.66. The Hall–Kier alpha value is -0.340. The molecule has 1 aliphatic heterocycles. The summed E-state index contributed by atoms with van der Waals surface area (Å²) >= 11 is 0. The molecule has 1 heterocycles. The summed E-state index contributed by atoms with van der Waals surface area (Å²) in [7, 11) is 2.40. The van der Waals surface area contributed by atoms with Crippen molar-refractivity contribution in [2.45, 2.75) is 25.8 Å². The Morgan fingerprint density at radius 1 is 1.00 bits per heavy atom. The van der Waals surface area contributed by atoms with Gasteiger partial charge in [-0.05, 0) is 19.3 Å². The predicted octanol–water partition coefficient (Wildman–Crippen LogP) is -0.179. The molecule has 0 unspecified atom stereocenters. The molecule has 0 N–H and O–H groups in total. The Morgan fingerprint density at radius 3 is 2.20 bits per heavy atom. The molecular formula is C13H20BrN. The number of piperidine rings is 1. The van der Waals surface area contributed by atoms with E-state index in [-0.39, 0.29) is 17.0 Å². The van der Waals surface area contributed by atoms with Crippen molar-refractivity contribution in [1.29, 1.82) is 0 Å². The third-order valence-corrected chi connectivity index (χ3v) is 3.30. The monoisotopic (exact) mass is 269 g/mol. The lowest BCUT2D eigenvalue weighted by Crippen LogP contribution is -3.00. The highest BCUT2D eigenvalue weighted by Gasteiger charge is 2.24. The van der Waals surface area contributed by atoms with Gasteiger partial charge < -0.3 is 21.5 Å². The van der Waals surface area contributed by atoms with Gasteiger partial charge in [0.1, 0.15) is 6.54 Å². The maximum absolute atomic E-state index is 2.40. The fourth-order valence-corrected chi connectivity index (χ4v) is 2.46. The molecule has 0 radical (unpaired) electrons. The summed E-state index contributed by atoms with van der Waals surface area (Å²) in [5.41, 5.74) is 1.48. The Balaban J connectivity index is 0.00000112. The second-order valence-electron chi connectivity index (χ2n) is 4.77. The summed E-state index contributed by atoms with van der Waals surface area (Å²) in [5, 5.41) is 0. The zero-order chi connectivity index (χ0) is 9.86.